The lowest BCUT2D eigenvalue weighted by Gasteiger charge is -2.27. The van der Waals surface area contributed by atoms with Crippen LogP contribution in [0, 0.1) is 0 Å². The van der Waals surface area contributed by atoms with E-state index in [-0.39, 0.29) is 0 Å². The smallest absolute Gasteiger partial charge is 0.222 e. The van der Waals surface area contributed by atoms with Crippen LogP contribution in [-0.2, 0) is 0 Å². The molecule has 0 atom stereocenters. The van der Waals surface area contributed by atoms with Crippen LogP contribution in [0.3, 0.4) is 0 Å². The molecular weight excluding hydrogens is 196 g/mol. The highest BCUT2D eigenvalue weighted by atomic mass is 32.1. The Morgan fingerprint density at radius 3 is 3.14 bits per heavy atom. The number of hydrogen-bond acceptors (Lipinski definition) is 4. The molecule has 14 heavy (non-hydrogen) atoms. The van der Waals surface area contributed by atoms with Gasteiger partial charge in [0, 0.05) is 24.0 Å². The first kappa shape index (κ1) is 8.20. The molecule has 1 aliphatic heterocycles. The van der Waals surface area contributed by atoms with Crippen molar-refractivity contribution in [3.8, 4) is 5.88 Å². The number of aromatic nitrogens is 1. The first-order valence-corrected chi connectivity index (χ1v) is 5.51. The molecule has 0 aliphatic carbocycles. The third-order valence-electron chi connectivity index (χ3n) is 2.37. The number of hydrogen-bond donors (Lipinski definition) is 1. The van der Waals surface area contributed by atoms with Crippen molar-refractivity contribution >= 4 is 21.4 Å². The molecule has 0 amide bonds. The standard InChI is InChI=1S/C10H10N2OS/c1-3-12-10(13-7-5-11-6-7)8-2-4-14-9(1)8/h1-4,7,11H,5-6H2. The molecule has 0 bridgehead atoms. The summed E-state index contributed by atoms with van der Waals surface area (Å²) in [5.74, 6) is 0.773. The van der Waals surface area contributed by atoms with Gasteiger partial charge in [-0.3, -0.25) is 0 Å². The van der Waals surface area contributed by atoms with E-state index in [1.807, 2.05) is 6.07 Å². The number of ether oxygens (including phenoxy) is 1. The van der Waals surface area contributed by atoms with Crippen LogP contribution in [0.4, 0.5) is 0 Å². The molecule has 0 saturated carbocycles. The van der Waals surface area contributed by atoms with Crippen molar-refractivity contribution in [3.63, 3.8) is 0 Å². The van der Waals surface area contributed by atoms with Crippen LogP contribution < -0.4 is 10.1 Å². The fourth-order valence-corrected chi connectivity index (χ4v) is 2.24. The topological polar surface area (TPSA) is 34.1 Å². The van der Waals surface area contributed by atoms with Gasteiger partial charge in [-0.05, 0) is 17.5 Å². The second-order valence-electron chi connectivity index (χ2n) is 3.35. The lowest BCUT2D eigenvalue weighted by atomic mass is 10.2. The van der Waals surface area contributed by atoms with Crippen LogP contribution in [0.25, 0.3) is 10.1 Å². The van der Waals surface area contributed by atoms with Gasteiger partial charge in [0.05, 0.1) is 5.39 Å². The molecule has 72 valence electrons. The Morgan fingerprint density at radius 2 is 2.36 bits per heavy atom. The molecule has 1 saturated heterocycles. The predicted octanol–water partition coefficient (Wildman–Crippen LogP) is 1.65. The maximum absolute atomic E-state index is 5.75. The summed E-state index contributed by atoms with van der Waals surface area (Å²) in [5.41, 5.74) is 0. The zero-order valence-electron chi connectivity index (χ0n) is 7.56. The van der Waals surface area contributed by atoms with E-state index in [9.17, 15) is 0 Å². The number of pyridine rings is 1. The van der Waals surface area contributed by atoms with E-state index < -0.39 is 0 Å². The fourth-order valence-electron chi connectivity index (χ4n) is 1.47. The third kappa shape index (κ3) is 1.27. The van der Waals surface area contributed by atoms with Gasteiger partial charge in [-0.25, -0.2) is 4.98 Å². The van der Waals surface area contributed by atoms with Crippen LogP contribution in [0.5, 0.6) is 5.88 Å². The molecule has 3 nitrogen and oxygen atoms in total. The highest BCUT2D eigenvalue weighted by Crippen LogP contribution is 2.28. The molecule has 2 aromatic rings. The number of fused-ring (bicyclic) bond motifs is 1. The van der Waals surface area contributed by atoms with E-state index in [4.69, 9.17) is 4.74 Å². The number of thiophene rings is 1. The summed E-state index contributed by atoms with van der Waals surface area (Å²) in [6.45, 7) is 1.87. The molecule has 1 fully saturated rings. The molecule has 2 aromatic heterocycles. The van der Waals surface area contributed by atoms with E-state index in [1.54, 1.807) is 17.5 Å². The number of nitrogens with zero attached hydrogens (tertiary/aromatic N) is 1. The largest absolute Gasteiger partial charge is 0.471 e. The van der Waals surface area contributed by atoms with Gasteiger partial charge in [0.2, 0.25) is 5.88 Å². The van der Waals surface area contributed by atoms with Crippen LogP contribution in [0.2, 0.25) is 0 Å². The molecule has 0 aromatic carbocycles. The van der Waals surface area contributed by atoms with Gasteiger partial charge < -0.3 is 10.1 Å². The summed E-state index contributed by atoms with van der Waals surface area (Å²) in [6.07, 6.45) is 2.10. The van der Waals surface area contributed by atoms with Crippen molar-refractivity contribution < 1.29 is 4.74 Å². The molecular formula is C10H10N2OS. The summed E-state index contributed by atoms with van der Waals surface area (Å²) in [5, 5.41) is 6.37. The minimum absolute atomic E-state index is 0.299. The zero-order valence-corrected chi connectivity index (χ0v) is 8.38. The lowest BCUT2D eigenvalue weighted by molar-refractivity contribution is 0.138. The Hall–Kier alpha value is -1.13. The molecule has 0 spiro atoms. The lowest BCUT2D eigenvalue weighted by Crippen LogP contribution is -2.50. The van der Waals surface area contributed by atoms with Crippen molar-refractivity contribution in [1.29, 1.82) is 0 Å². The SMILES string of the molecule is c1cc2sccc2c(OC2CNC2)n1. The van der Waals surface area contributed by atoms with E-state index >= 15 is 0 Å². The maximum Gasteiger partial charge on any atom is 0.222 e. The van der Waals surface area contributed by atoms with Gasteiger partial charge in [-0.15, -0.1) is 11.3 Å². The van der Waals surface area contributed by atoms with Crippen molar-refractivity contribution in [2.24, 2.45) is 0 Å². The van der Waals surface area contributed by atoms with Gasteiger partial charge in [0.15, 0.2) is 0 Å². The molecule has 3 rings (SSSR count). The first-order chi connectivity index (χ1) is 6.93. The Bertz CT molecular complexity index is 450. The Kier molecular flexibility index (Phi) is 1.89. The van der Waals surface area contributed by atoms with Gasteiger partial charge in [-0.1, -0.05) is 0 Å². The summed E-state index contributed by atoms with van der Waals surface area (Å²) in [4.78, 5) is 4.26. The van der Waals surface area contributed by atoms with Crippen molar-refractivity contribution in [1.82, 2.24) is 10.3 Å². The van der Waals surface area contributed by atoms with E-state index in [2.05, 4.69) is 21.7 Å². The average molecular weight is 206 g/mol. The normalized spacial score (nSPS) is 16.9. The number of nitrogens with one attached hydrogen (secondary N) is 1. The van der Waals surface area contributed by atoms with Crippen molar-refractivity contribution in [2.45, 2.75) is 6.10 Å². The second-order valence-corrected chi connectivity index (χ2v) is 4.29. The van der Waals surface area contributed by atoms with Crippen LogP contribution in [0.15, 0.2) is 23.7 Å². The Morgan fingerprint density at radius 1 is 1.43 bits per heavy atom. The fraction of sp³-hybridized carbons (Fsp3) is 0.300. The number of rotatable bonds is 2. The highest BCUT2D eigenvalue weighted by Gasteiger charge is 2.19. The van der Waals surface area contributed by atoms with E-state index in [1.165, 1.54) is 4.70 Å². The summed E-state index contributed by atoms with van der Waals surface area (Å²) >= 11 is 1.72. The molecule has 4 heteroatoms. The van der Waals surface area contributed by atoms with Gasteiger partial charge >= 0.3 is 0 Å². The Labute approximate surface area is 85.7 Å². The quantitative estimate of drug-likeness (QED) is 0.811. The molecule has 1 N–H and O–H groups in total. The summed E-state index contributed by atoms with van der Waals surface area (Å²) < 4.78 is 6.99. The van der Waals surface area contributed by atoms with Crippen LogP contribution in [0.1, 0.15) is 0 Å². The maximum atomic E-state index is 5.75. The summed E-state index contributed by atoms with van der Waals surface area (Å²) in [7, 11) is 0. The molecule has 0 radical (unpaired) electrons. The average Bonchev–Trinajstić information content (AvgIpc) is 2.59. The summed E-state index contributed by atoms with van der Waals surface area (Å²) in [6, 6.07) is 4.08. The van der Waals surface area contributed by atoms with Gasteiger partial charge in [-0.2, -0.15) is 0 Å². The molecule has 0 unspecified atom stereocenters. The first-order valence-electron chi connectivity index (χ1n) is 4.63. The van der Waals surface area contributed by atoms with Crippen molar-refractivity contribution in [3.05, 3.63) is 23.7 Å². The Balaban J connectivity index is 1.97. The van der Waals surface area contributed by atoms with Gasteiger partial charge in [0.1, 0.15) is 6.10 Å². The minimum atomic E-state index is 0.299. The predicted molar refractivity (Wildman–Crippen MR) is 56.9 cm³/mol. The third-order valence-corrected chi connectivity index (χ3v) is 3.25. The van der Waals surface area contributed by atoms with E-state index in [0.29, 0.717) is 6.10 Å². The van der Waals surface area contributed by atoms with E-state index in [0.717, 1.165) is 24.4 Å². The molecule has 3 heterocycles. The van der Waals surface area contributed by atoms with Crippen molar-refractivity contribution in [2.75, 3.05) is 13.1 Å². The van der Waals surface area contributed by atoms with Crippen LogP contribution in [-0.4, -0.2) is 24.2 Å². The second kappa shape index (κ2) is 3.22. The monoisotopic (exact) mass is 206 g/mol. The van der Waals surface area contributed by atoms with Gasteiger partial charge in [0.25, 0.3) is 0 Å². The highest BCUT2D eigenvalue weighted by molar-refractivity contribution is 7.17. The molecule has 1 aliphatic rings. The van der Waals surface area contributed by atoms with Crippen LogP contribution >= 0.6 is 11.3 Å². The minimum Gasteiger partial charge on any atom is -0.471 e. The zero-order chi connectivity index (χ0) is 9.38.